The predicted octanol–water partition coefficient (Wildman–Crippen LogP) is 1.89. The first-order chi connectivity index (χ1) is 8.86. The van der Waals surface area contributed by atoms with Gasteiger partial charge >= 0.3 is 0 Å². The van der Waals surface area contributed by atoms with Gasteiger partial charge in [0.15, 0.2) is 4.96 Å². The normalized spacial score (nSPS) is 24.1. The van der Waals surface area contributed by atoms with E-state index in [1.807, 2.05) is 11.6 Å². The van der Waals surface area contributed by atoms with Crippen molar-refractivity contribution in [3.05, 3.63) is 23.5 Å². The summed E-state index contributed by atoms with van der Waals surface area (Å²) in [6.07, 6.45) is 7.81. The Hall–Kier alpha value is -0.910. The van der Waals surface area contributed by atoms with Crippen LogP contribution in [0.2, 0.25) is 0 Å². The van der Waals surface area contributed by atoms with Gasteiger partial charge in [-0.25, -0.2) is 4.98 Å². The van der Waals surface area contributed by atoms with E-state index in [0.29, 0.717) is 18.4 Å². The fourth-order valence-corrected chi connectivity index (χ4v) is 3.59. The first-order valence-corrected chi connectivity index (χ1v) is 7.47. The molecule has 98 valence electrons. The molecule has 5 heteroatoms. The average Bonchev–Trinajstić information content (AvgIpc) is 3.02. The molecule has 0 radical (unpaired) electrons. The van der Waals surface area contributed by atoms with Gasteiger partial charge in [-0.2, -0.15) is 0 Å². The van der Waals surface area contributed by atoms with Crippen molar-refractivity contribution in [1.82, 2.24) is 14.7 Å². The Morgan fingerprint density at radius 3 is 3.17 bits per heavy atom. The summed E-state index contributed by atoms with van der Waals surface area (Å²) in [6, 6.07) is 0. The maximum absolute atomic E-state index is 9.28. The third kappa shape index (κ3) is 2.43. The number of fused-ring (bicyclic) bond motifs is 1. The van der Waals surface area contributed by atoms with Gasteiger partial charge in [0.25, 0.3) is 0 Å². The van der Waals surface area contributed by atoms with Crippen LogP contribution in [0.15, 0.2) is 17.8 Å². The minimum atomic E-state index is 0.340. The van der Waals surface area contributed by atoms with Crippen molar-refractivity contribution in [2.75, 3.05) is 13.2 Å². The first-order valence-electron chi connectivity index (χ1n) is 6.59. The number of thiazole rings is 1. The molecular formula is C13H19N3OS. The summed E-state index contributed by atoms with van der Waals surface area (Å²) in [7, 11) is 0. The Kier molecular flexibility index (Phi) is 3.63. The zero-order valence-corrected chi connectivity index (χ0v) is 11.2. The number of nitrogens with one attached hydrogen (secondary N) is 1. The van der Waals surface area contributed by atoms with Crippen LogP contribution in [0.1, 0.15) is 25.0 Å². The summed E-state index contributed by atoms with van der Waals surface area (Å²) in [5.41, 5.74) is 1.10. The molecule has 0 spiro atoms. The molecule has 2 heterocycles. The smallest absolute Gasteiger partial charge is 0.193 e. The van der Waals surface area contributed by atoms with Gasteiger partial charge < -0.3 is 10.4 Å². The first kappa shape index (κ1) is 12.1. The van der Waals surface area contributed by atoms with Gasteiger partial charge in [0, 0.05) is 30.9 Å². The Morgan fingerprint density at radius 2 is 2.33 bits per heavy atom. The van der Waals surface area contributed by atoms with Crippen molar-refractivity contribution in [1.29, 1.82) is 0 Å². The summed E-state index contributed by atoms with van der Waals surface area (Å²) in [4.78, 5) is 5.60. The van der Waals surface area contributed by atoms with Gasteiger partial charge in [-0.3, -0.25) is 4.40 Å². The third-order valence-corrected chi connectivity index (χ3v) is 4.68. The molecule has 1 aliphatic carbocycles. The second-order valence-corrected chi connectivity index (χ2v) is 5.96. The van der Waals surface area contributed by atoms with Gasteiger partial charge in [0.1, 0.15) is 0 Å². The van der Waals surface area contributed by atoms with Crippen molar-refractivity contribution >= 4 is 16.3 Å². The molecule has 0 aliphatic heterocycles. The van der Waals surface area contributed by atoms with Crippen LogP contribution in [0.4, 0.5) is 0 Å². The lowest BCUT2D eigenvalue weighted by atomic mass is 9.97. The van der Waals surface area contributed by atoms with Crippen LogP contribution in [0.5, 0.6) is 0 Å². The fraction of sp³-hybridized carbons (Fsp3) is 0.615. The molecule has 0 amide bonds. The van der Waals surface area contributed by atoms with Crippen molar-refractivity contribution < 1.29 is 5.11 Å². The molecule has 2 N–H and O–H groups in total. The van der Waals surface area contributed by atoms with Crippen molar-refractivity contribution in [2.24, 2.45) is 11.8 Å². The highest BCUT2D eigenvalue weighted by Crippen LogP contribution is 2.30. The second-order valence-electron chi connectivity index (χ2n) is 5.09. The highest BCUT2D eigenvalue weighted by atomic mass is 32.1. The zero-order valence-electron chi connectivity index (χ0n) is 10.4. The number of hydrogen-bond donors (Lipinski definition) is 2. The van der Waals surface area contributed by atoms with Gasteiger partial charge in [0.2, 0.25) is 0 Å². The zero-order chi connectivity index (χ0) is 12.4. The number of aliphatic hydroxyl groups excluding tert-OH is 1. The number of rotatable bonds is 5. The molecule has 2 atom stereocenters. The van der Waals surface area contributed by atoms with E-state index in [1.54, 1.807) is 11.3 Å². The number of nitrogens with zero attached hydrogens (tertiary/aromatic N) is 2. The molecule has 1 fully saturated rings. The molecule has 2 aromatic heterocycles. The van der Waals surface area contributed by atoms with Crippen LogP contribution in [-0.2, 0) is 6.54 Å². The topological polar surface area (TPSA) is 49.6 Å². The summed E-state index contributed by atoms with van der Waals surface area (Å²) in [6.45, 7) is 2.16. The molecule has 1 saturated carbocycles. The number of hydrogen-bond acceptors (Lipinski definition) is 4. The monoisotopic (exact) mass is 265 g/mol. The van der Waals surface area contributed by atoms with E-state index in [-0.39, 0.29) is 0 Å². The van der Waals surface area contributed by atoms with Crippen LogP contribution < -0.4 is 5.32 Å². The summed E-state index contributed by atoms with van der Waals surface area (Å²) in [5.74, 6) is 1.14. The summed E-state index contributed by atoms with van der Waals surface area (Å²) < 4.78 is 2.06. The van der Waals surface area contributed by atoms with E-state index >= 15 is 0 Å². The minimum Gasteiger partial charge on any atom is -0.396 e. The van der Waals surface area contributed by atoms with E-state index in [0.717, 1.165) is 23.7 Å². The highest BCUT2D eigenvalue weighted by Gasteiger charge is 2.25. The third-order valence-electron chi connectivity index (χ3n) is 3.91. The van der Waals surface area contributed by atoms with Crippen molar-refractivity contribution in [2.45, 2.75) is 25.8 Å². The van der Waals surface area contributed by atoms with Crippen LogP contribution in [0.3, 0.4) is 0 Å². The molecular weight excluding hydrogens is 246 g/mol. The fourth-order valence-electron chi connectivity index (χ4n) is 2.87. The Bertz CT molecular complexity index is 479. The van der Waals surface area contributed by atoms with E-state index in [1.165, 1.54) is 19.3 Å². The maximum Gasteiger partial charge on any atom is 0.193 e. The van der Waals surface area contributed by atoms with Crippen molar-refractivity contribution in [3.8, 4) is 0 Å². The van der Waals surface area contributed by atoms with Crippen molar-refractivity contribution in [3.63, 3.8) is 0 Å². The number of imidazole rings is 1. The lowest BCUT2D eigenvalue weighted by Crippen LogP contribution is -2.26. The molecule has 0 bridgehead atoms. The van der Waals surface area contributed by atoms with E-state index in [4.69, 9.17) is 0 Å². The highest BCUT2D eigenvalue weighted by molar-refractivity contribution is 7.15. The molecule has 4 nitrogen and oxygen atoms in total. The SMILES string of the molecule is OCC1CCCC1CNCc1cn2ccsc2n1. The molecule has 2 unspecified atom stereocenters. The Morgan fingerprint density at radius 1 is 1.44 bits per heavy atom. The largest absolute Gasteiger partial charge is 0.396 e. The predicted molar refractivity (Wildman–Crippen MR) is 72.7 cm³/mol. The Balaban J connectivity index is 1.51. The van der Waals surface area contributed by atoms with E-state index in [2.05, 4.69) is 20.9 Å². The number of aromatic nitrogens is 2. The second kappa shape index (κ2) is 5.38. The average molecular weight is 265 g/mol. The van der Waals surface area contributed by atoms with Crippen LogP contribution in [0.25, 0.3) is 4.96 Å². The van der Waals surface area contributed by atoms with Crippen LogP contribution in [-0.4, -0.2) is 27.6 Å². The summed E-state index contributed by atoms with van der Waals surface area (Å²) >= 11 is 1.66. The lowest BCUT2D eigenvalue weighted by molar-refractivity contribution is 0.192. The Labute approximate surface area is 111 Å². The van der Waals surface area contributed by atoms with Crippen LogP contribution in [0, 0.1) is 11.8 Å². The molecule has 0 aromatic carbocycles. The van der Waals surface area contributed by atoms with Gasteiger partial charge in [0.05, 0.1) is 5.69 Å². The van der Waals surface area contributed by atoms with Crippen LogP contribution >= 0.6 is 11.3 Å². The van der Waals surface area contributed by atoms with Gasteiger partial charge in [-0.15, -0.1) is 11.3 Å². The number of aliphatic hydroxyl groups is 1. The molecule has 1 aliphatic rings. The van der Waals surface area contributed by atoms with Gasteiger partial charge in [-0.1, -0.05) is 6.42 Å². The quantitative estimate of drug-likeness (QED) is 0.868. The summed E-state index contributed by atoms with van der Waals surface area (Å²) in [5, 5.41) is 14.8. The van der Waals surface area contributed by atoms with E-state index < -0.39 is 0 Å². The van der Waals surface area contributed by atoms with E-state index in [9.17, 15) is 5.11 Å². The molecule has 18 heavy (non-hydrogen) atoms. The minimum absolute atomic E-state index is 0.340. The maximum atomic E-state index is 9.28. The molecule has 3 rings (SSSR count). The lowest BCUT2D eigenvalue weighted by Gasteiger charge is -2.17. The van der Waals surface area contributed by atoms with Gasteiger partial charge in [-0.05, 0) is 31.2 Å². The standard InChI is InChI=1S/C13H19N3OS/c17-9-11-3-1-2-10(11)6-14-7-12-8-16-4-5-18-13(16)15-12/h4-5,8,10-11,14,17H,1-3,6-7,9H2. The molecule has 0 saturated heterocycles. The molecule has 2 aromatic rings.